The van der Waals surface area contributed by atoms with Gasteiger partial charge in [-0.1, -0.05) is 12.1 Å². The summed E-state index contributed by atoms with van der Waals surface area (Å²) in [5, 5.41) is 21.0. The summed E-state index contributed by atoms with van der Waals surface area (Å²) < 4.78 is 5.49. The number of aromatic carboxylic acids is 1. The molecule has 0 radical (unpaired) electrons. The van der Waals surface area contributed by atoms with Gasteiger partial charge in [-0.2, -0.15) is 0 Å². The number of aliphatic carboxylic acids is 1. The lowest BCUT2D eigenvalue weighted by atomic mass is 10.1. The first-order valence-electron chi connectivity index (χ1n) is 8.08. The first-order chi connectivity index (χ1) is 13.9. The van der Waals surface area contributed by atoms with Crippen molar-refractivity contribution in [1.29, 1.82) is 0 Å². The third-order valence-electron chi connectivity index (χ3n) is 3.67. The fraction of sp³-hybridized carbons (Fsp3) is 0.0526. The van der Waals surface area contributed by atoms with Gasteiger partial charge in [-0.15, -0.1) is 11.3 Å². The SMILES string of the molecule is O=C(O)COc1c(C(=O)O)sc(-c2cccc(NC(=O)c3ccncc3)c2)c1Br. The maximum Gasteiger partial charge on any atom is 0.349 e. The highest BCUT2D eigenvalue weighted by molar-refractivity contribution is 9.10. The lowest BCUT2D eigenvalue weighted by Crippen LogP contribution is -2.11. The van der Waals surface area contributed by atoms with E-state index in [1.54, 1.807) is 36.4 Å². The molecule has 0 aliphatic rings. The van der Waals surface area contributed by atoms with E-state index in [-0.39, 0.29) is 16.5 Å². The van der Waals surface area contributed by atoms with Crippen molar-refractivity contribution in [3.05, 3.63) is 63.7 Å². The molecule has 0 atom stereocenters. The highest BCUT2D eigenvalue weighted by Crippen LogP contribution is 2.46. The molecule has 0 fully saturated rings. The van der Waals surface area contributed by atoms with Crippen LogP contribution in [0.1, 0.15) is 20.0 Å². The zero-order chi connectivity index (χ0) is 21.0. The largest absolute Gasteiger partial charge is 0.479 e. The van der Waals surface area contributed by atoms with Crippen LogP contribution in [-0.2, 0) is 4.79 Å². The smallest absolute Gasteiger partial charge is 0.349 e. The first kappa shape index (κ1) is 20.5. The highest BCUT2D eigenvalue weighted by Gasteiger charge is 2.24. The summed E-state index contributed by atoms with van der Waals surface area (Å²) in [5.41, 5.74) is 1.58. The Balaban J connectivity index is 1.92. The number of carbonyl (C=O) groups excluding carboxylic acids is 1. The van der Waals surface area contributed by atoms with Crippen LogP contribution in [0.3, 0.4) is 0 Å². The number of hydrogen-bond donors (Lipinski definition) is 3. The van der Waals surface area contributed by atoms with E-state index in [1.807, 2.05) is 0 Å². The Morgan fingerprint density at radius 3 is 2.52 bits per heavy atom. The number of amides is 1. The van der Waals surface area contributed by atoms with Crippen LogP contribution in [0.4, 0.5) is 5.69 Å². The molecule has 0 saturated carbocycles. The number of carboxylic acid groups (broad SMARTS) is 2. The number of ether oxygens (including phenoxy) is 1. The van der Waals surface area contributed by atoms with Crippen LogP contribution in [0.25, 0.3) is 10.4 Å². The third-order valence-corrected chi connectivity index (χ3v) is 5.90. The van der Waals surface area contributed by atoms with Crippen LogP contribution in [0.2, 0.25) is 0 Å². The summed E-state index contributed by atoms with van der Waals surface area (Å²) in [6, 6.07) is 10.00. The maximum absolute atomic E-state index is 12.3. The van der Waals surface area contributed by atoms with E-state index in [4.69, 9.17) is 9.84 Å². The Kier molecular flexibility index (Phi) is 6.25. The predicted molar refractivity (Wildman–Crippen MR) is 110 cm³/mol. The standard InChI is InChI=1S/C19H13BrN2O6S/c20-14-15(28-9-13(23)24)17(19(26)27)29-16(14)11-2-1-3-12(8-11)22-18(25)10-4-6-21-7-5-10/h1-8H,9H2,(H,22,25)(H,23,24)(H,26,27). The van der Waals surface area contributed by atoms with Crippen molar-refractivity contribution in [3.63, 3.8) is 0 Å². The second-order valence-corrected chi connectivity index (χ2v) is 7.48. The van der Waals surface area contributed by atoms with Crippen molar-refractivity contribution in [2.75, 3.05) is 11.9 Å². The summed E-state index contributed by atoms with van der Waals surface area (Å²) in [7, 11) is 0. The number of thiophene rings is 1. The molecule has 29 heavy (non-hydrogen) atoms. The van der Waals surface area contributed by atoms with E-state index in [0.29, 0.717) is 26.2 Å². The normalized spacial score (nSPS) is 10.4. The summed E-state index contributed by atoms with van der Waals surface area (Å²) in [4.78, 5) is 38.9. The monoisotopic (exact) mass is 476 g/mol. The lowest BCUT2D eigenvalue weighted by molar-refractivity contribution is -0.139. The van der Waals surface area contributed by atoms with Gasteiger partial charge in [0.1, 0.15) is 0 Å². The fourth-order valence-electron chi connectivity index (χ4n) is 2.43. The molecule has 3 rings (SSSR count). The van der Waals surface area contributed by atoms with Gasteiger partial charge in [-0.3, -0.25) is 9.78 Å². The summed E-state index contributed by atoms with van der Waals surface area (Å²) in [6.07, 6.45) is 3.03. The zero-order valence-corrected chi connectivity index (χ0v) is 17.0. The van der Waals surface area contributed by atoms with Gasteiger partial charge in [0.25, 0.3) is 5.91 Å². The molecule has 0 aliphatic carbocycles. The van der Waals surface area contributed by atoms with Crippen LogP contribution in [0, 0.1) is 0 Å². The minimum atomic E-state index is -1.23. The van der Waals surface area contributed by atoms with Crippen LogP contribution >= 0.6 is 27.3 Å². The number of benzene rings is 1. The Bertz CT molecular complexity index is 1080. The predicted octanol–water partition coefficient (Wildman–Crippen LogP) is 3.99. The summed E-state index contributed by atoms with van der Waals surface area (Å²) in [6.45, 7) is -0.670. The van der Waals surface area contributed by atoms with Gasteiger partial charge in [0.2, 0.25) is 0 Å². The number of carboxylic acids is 2. The molecule has 1 aromatic carbocycles. The average molecular weight is 477 g/mol. The van der Waals surface area contributed by atoms with Gasteiger partial charge < -0.3 is 20.3 Å². The highest BCUT2D eigenvalue weighted by atomic mass is 79.9. The molecule has 0 spiro atoms. The number of halogens is 1. The number of pyridine rings is 1. The molecule has 1 amide bonds. The molecule has 0 bridgehead atoms. The van der Waals surface area contributed by atoms with E-state index in [0.717, 1.165) is 11.3 Å². The summed E-state index contributed by atoms with van der Waals surface area (Å²) >= 11 is 4.24. The molecule has 0 aliphatic heterocycles. The quantitative estimate of drug-likeness (QED) is 0.470. The zero-order valence-electron chi connectivity index (χ0n) is 14.6. The molecular weight excluding hydrogens is 464 g/mol. The van der Waals surface area contributed by atoms with Crippen molar-refractivity contribution in [2.24, 2.45) is 0 Å². The Morgan fingerprint density at radius 2 is 1.86 bits per heavy atom. The second kappa shape index (κ2) is 8.84. The van der Waals surface area contributed by atoms with Gasteiger partial charge >= 0.3 is 11.9 Å². The fourth-order valence-corrected chi connectivity index (χ4v) is 4.32. The molecule has 0 unspecified atom stereocenters. The molecule has 2 aromatic heterocycles. The molecule has 2 heterocycles. The van der Waals surface area contributed by atoms with Gasteiger partial charge in [0.15, 0.2) is 17.2 Å². The van der Waals surface area contributed by atoms with Crippen molar-refractivity contribution < 1.29 is 29.3 Å². The van der Waals surface area contributed by atoms with E-state index < -0.39 is 18.5 Å². The van der Waals surface area contributed by atoms with Crippen molar-refractivity contribution in [2.45, 2.75) is 0 Å². The van der Waals surface area contributed by atoms with Crippen LogP contribution < -0.4 is 10.1 Å². The number of carbonyl (C=O) groups is 3. The molecular formula is C19H13BrN2O6S. The lowest BCUT2D eigenvalue weighted by Gasteiger charge is -2.07. The van der Waals surface area contributed by atoms with Gasteiger partial charge in [0.05, 0.1) is 9.35 Å². The number of hydrogen-bond acceptors (Lipinski definition) is 6. The number of rotatable bonds is 7. The molecule has 8 nitrogen and oxygen atoms in total. The molecule has 10 heteroatoms. The maximum atomic E-state index is 12.3. The Morgan fingerprint density at radius 1 is 1.14 bits per heavy atom. The molecule has 148 valence electrons. The summed E-state index contributed by atoms with van der Waals surface area (Å²) in [5.74, 6) is -2.82. The van der Waals surface area contributed by atoms with Crippen LogP contribution in [0.5, 0.6) is 5.75 Å². The number of anilines is 1. The van der Waals surface area contributed by atoms with Crippen LogP contribution in [0.15, 0.2) is 53.3 Å². The Labute approximate surface area is 176 Å². The average Bonchev–Trinajstić information content (AvgIpc) is 3.04. The number of aromatic nitrogens is 1. The van der Waals surface area contributed by atoms with Crippen LogP contribution in [-0.4, -0.2) is 39.6 Å². The minimum Gasteiger partial charge on any atom is -0.479 e. The molecule has 3 N–H and O–H groups in total. The van der Waals surface area contributed by atoms with Crippen molar-refractivity contribution >= 4 is 50.8 Å². The minimum absolute atomic E-state index is 0.0499. The van der Waals surface area contributed by atoms with E-state index in [2.05, 4.69) is 26.2 Å². The second-order valence-electron chi connectivity index (χ2n) is 5.66. The molecule has 0 saturated heterocycles. The Hall–Kier alpha value is -3.24. The number of nitrogens with one attached hydrogen (secondary N) is 1. The van der Waals surface area contributed by atoms with E-state index in [9.17, 15) is 19.5 Å². The van der Waals surface area contributed by atoms with Gasteiger partial charge in [-0.05, 0) is 45.8 Å². The van der Waals surface area contributed by atoms with Crippen molar-refractivity contribution in [1.82, 2.24) is 4.98 Å². The van der Waals surface area contributed by atoms with E-state index >= 15 is 0 Å². The van der Waals surface area contributed by atoms with Crippen molar-refractivity contribution in [3.8, 4) is 16.2 Å². The third kappa shape index (κ3) is 4.79. The van der Waals surface area contributed by atoms with E-state index in [1.165, 1.54) is 12.4 Å². The topological polar surface area (TPSA) is 126 Å². The van der Waals surface area contributed by atoms with Gasteiger partial charge in [0, 0.05) is 23.6 Å². The van der Waals surface area contributed by atoms with Gasteiger partial charge in [-0.25, -0.2) is 9.59 Å². The first-order valence-corrected chi connectivity index (χ1v) is 9.69. The molecule has 3 aromatic rings. The number of nitrogens with zero attached hydrogens (tertiary/aromatic N) is 1.